The summed E-state index contributed by atoms with van der Waals surface area (Å²) in [6.07, 6.45) is 3.24. The van der Waals surface area contributed by atoms with Gasteiger partial charge in [-0.25, -0.2) is 0 Å². The van der Waals surface area contributed by atoms with Gasteiger partial charge in [0, 0.05) is 25.7 Å². The van der Waals surface area contributed by atoms with E-state index in [4.69, 9.17) is 4.74 Å². The van der Waals surface area contributed by atoms with Crippen molar-refractivity contribution in [1.29, 1.82) is 0 Å². The molecular weight excluding hydrogens is 324 g/mol. The van der Waals surface area contributed by atoms with E-state index in [0.29, 0.717) is 6.04 Å². The monoisotopic (exact) mass is 362 g/mol. The van der Waals surface area contributed by atoms with Gasteiger partial charge in [0.1, 0.15) is 5.75 Å². The highest BCUT2D eigenvalue weighted by Crippen LogP contribution is 2.18. The minimum absolute atomic E-state index is 0.609. The minimum atomic E-state index is 0.609. The molecule has 0 fully saturated rings. The topological polar surface area (TPSA) is 48.9 Å². The van der Waals surface area contributed by atoms with Crippen LogP contribution in [0.2, 0.25) is 0 Å². The Kier molecular flexibility index (Phi) is 10.8. The fourth-order valence-corrected chi connectivity index (χ4v) is 2.61. The lowest BCUT2D eigenvalue weighted by molar-refractivity contribution is 0.269. The Morgan fingerprint density at radius 3 is 2.65 bits per heavy atom. The molecule has 0 atom stereocenters. The number of aliphatic imine (C=N–C) groups is 1. The highest BCUT2D eigenvalue weighted by molar-refractivity contribution is 5.79. The SMILES string of the molecule is CCNC(=NCCCCN(C)C(C)C)NCCc1ccc(C)c(OC)c1. The van der Waals surface area contributed by atoms with E-state index in [9.17, 15) is 0 Å². The maximum Gasteiger partial charge on any atom is 0.191 e. The molecule has 0 aliphatic carbocycles. The van der Waals surface area contributed by atoms with Gasteiger partial charge in [-0.05, 0) is 77.7 Å². The molecule has 2 N–H and O–H groups in total. The number of nitrogens with one attached hydrogen (secondary N) is 2. The van der Waals surface area contributed by atoms with E-state index in [1.165, 1.54) is 17.5 Å². The summed E-state index contributed by atoms with van der Waals surface area (Å²) in [5, 5.41) is 6.75. The fourth-order valence-electron chi connectivity index (χ4n) is 2.61. The number of hydrogen-bond acceptors (Lipinski definition) is 3. The smallest absolute Gasteiger partial charge is 0.191 e. The van der Waals surface area contributed by atoms with E-state index < -0.39 is 0 Å². The van der Waals surface area contributed by atoms with Gasteiger partial charge in [0.05, 0.1) is 7.11 Å². The molecule has 0 aliphatic heterocycles. The summed E-state index contributed by atoms with van der Waals surface area (Å²) < 4.78 is 5.40. The Labute approximate surface area is 160 Å². The number of aryl methyl sites for hydroxylation is 1. The molecule has 0 aliphatic rings. The van der Waals surface area contributed by atoms with Crippen LogP contribution in [-0.2, 0) is 6.42 Å². The van der Waals surface area contributed by atoms with Gasteiger partial charge in [0.25, 0.3) is 0 Å². The highest BCUT2D eigenvalue weighted by Gasteiger charge is 2.03. The van der Waals surface area contributed by atoms with Crippen LogP contribution in [0.1, 0.15) is 44.7 Å². The van der Waals surface area contributed by atoms with E-state index in [2.05, 4.69) is 73.5 Å². The Bertz CT molecular complexity index is 543. The lowest BCUT2D eigenvalue weighted by atomic mass is 10.1. The molecule has 1 rings (SSSR count). The van der Waals surface area contributed by atoms with Crippen LogP contribution in [-0.4, -0.2) is 57.2 Å². The predicted molar refractivity (Wildman–Crippen MR) is 112 cm³/mol. The van der Waals surface area contributed by atoms with Gasteiger partial charge in [-0.15, -0.1) is 0 Å². The van der Waals surface area contributed by atoms with Crippen LogP contribution in [0.25, 0.3) is 0 Å². The van der Waals surface area contributed by atoms with Crippen molar-refractivity contribution in [3.63, 3.8) is 0 Å². The number of ether oxygens (including phenoxy) is 1. The number of unbranched alkanes of at least 4 members (excludes halogenated alkanes) is 1. The van der Waals surface area contributed by atoms with Crippen LogP contribution in [0.4, 0.5) is 0 Å². The van der Waals surface area contributed by atoms with Gasteiger partial charge < -0.3 is 20.3 Å². The molecule has 0 spiro atoms. The lowest BCUT2D eigenvalue weighted by Crippen LogP contribution is -2.38. The largest absolute Gasteiger partial charge is 0.496 e. The molecule has 26 heavy (non-hydrogen) atoms. The number of rotatable bonds is 11. The molecular formula is C21H38N4O. The number of hydrogen-bond donors (Lipinski definition) is 2. The molecule has 0 amide bonds. The number of methoxy groups -OCH3 is 1. The second-order valence-corrected chi connectivity index (χ2v) is 7.02. The Morgan fingerprint density at radius 1 is 1.23 bits per heavy atom. The summed E-state index contributed by atoms with van der Waals surface area (Å²) in [5.74, 6) is 1.86. The minimum Gasteiger partial charge on any atom is -0.496 e. The zero-order valence-electron chi connectivity index (χ0n) is 17.6. The van der Waals surface area contributed by atoms with E-state index in [1.807, 2.05) is 0 Å². The van der Waals surface area contributed by atoms with E-state index >= 15 is 0 Å². The standard InChI is InChI=1S/C21H38N4O/c1-7-22-21(23-13-8-9-15-25(5)17(2)3)24-14-12-19-11-10-18(4)20(16-19)26-6/h10-11,16-17H,7-9,12-15H2,1-6H3,(H2,22,23,24). The first-order valence-corrected chi connectivity index (χ1v) is 9.83. The highest BCUT2D eigenvalue weighted by atomic mass is 16.5. The molecule has 5 heteroatoms. The third kappa shape index (κ3) is 8.56. The van der Waals surface area contributed by atoms with Crippen LogP contribution >= 0.6 is 0 Å². The second-order valence-electron chi connectivity index (χ2n) is 7.02. The lowest BCUT2D eigenvalue weighted by Gasteiger charge is -2.20. The molecule has 0 heterocycles. The zero-order valence-corrected chi connectivity index (χ0v) is 17.6. The van der Waals surface area contributed by atoms with Gasteiger partial charge in [-0.1, -0.05) is 12.1 Å². The average Bonchev–Trinajstić information content (AvgIpc) is 2.62. The van der Waals surface area contributed by atoms with E-state index in [1.54, 1.807) is 7.11 Å². The maximum absolute atomic E-state index is 5.40. The average molecular weight is 363 g/mol. The number of nitrogens with zero attached hydrogens (tertiary/aromatic N) is 2. The molecule has 5 nitrogen and oxygen atoms in total. The fraction of sp³-hybridized carbons (Fsp3) is 0.667. The number of benzene rings is 1. The van der Waals surface area contributed by atoms with Crippen LogP contribution < -0.4 is 15.4 Å². The van der Waals surface area contributed by atoms with Gasteiger partial charge >= 0.3 is 0 Å². The first kappa shape index (κ1) is 22.3. The molecule has 1 aromatic carbocycles. The van der Waals surface area contributed by atoms with Crippen molar-refractivity contribution in [2.45, 2.75) is 53.0 Å². The molecule has 0 saturated heterocycles. The molecule has 0 radical (unpaired) electrons. The molecule has 0 saturated carbocycles. The van der Waals surface area contributed by atoms with Gasteiger partial charge in [0.2, 0.25) is 0 Å². The molecule has 0 aromatic heterocycles. The van der Waals surface area contributed by atoms with E-state index in [0.717, 1.165) is 50.7 Å². The van der Waals surface area contributed by atoms with Crippen molar-refractivity contribution in [3.05, 3.63) is 29.3 Å². The van der Waals surface area contributed by atoms with Crippen molar-refractivity contribution in [2.75, 3.05) is 40.3 Å². The normalized spacial score (nSPS) is 11.9. The van der Waals surface area contributed by atoms with Crippen LogP contribution in [0.15, 0.2) is 23.2 Å². The number of guanidine groups is 1. The molecule has 0 unspecified atom stereocenters. The van der Waals surface area contributed by atoms with Crippen molar-refractivity contribution in [2.24, 2.45) is 4.99 Å². The summed E-state index contributed by atoms with van der Waals surface area (Å²) in [7, 11) is 3.90. The van der Waals surface area contributed by atoms with Crippen LogP contribution in [0.5, 0.6) is 5.75 Å². The second kappa shape index (κ2) is 12.6. The zero-order chi connectivity index (χ0) is 19.4. The summed E-state index contributed by atoms with van der Waals surface area (Å²) in [6, 6.07) is 7.00. The van der Waals surface area contributed by atoms with E-state index in [-0.39, 0.29) is 0 Å². The first-order valence-electron chi connectivity index (χ1n) is 9.83. The Hall–Kier alpha value is -1.75. The van der Waals surface area contributed by atoms with Gasteiger partial charge in [-0.3, -0.25) is 4.99 Å². The third-order valence-electron chi connectivity index (χ3n) is 4.59. The molecule has 0 bridgehead atoms. The molecule has 1 aromatic rings. The van der Waals surface area contributed by atoms with Crippen LogP contribution in [0, 0.1) is 6.92 Å². The molecule has 148 valence electrons. The predicted octanol–water partition coefficient (Wildman–Crippen LogP) is 3.22. The summed E-state index contributed by atoms with van der Waals surface area (Å²) in [6.45, 7) is 12.3. The Balaban J connectivity index is 2.37. The summed E-state index contributed by atoms with van der Waals surface area (Å²) in [4.78, 5) is 7.06. The van der Waals surface area contributed by atoms with Crippen molar-refractivity contribution >= 4 is 5.96 Å². The third-order valence-corrected chi connectivity index (χ3v) is 4.59. The van der Waals surface area contributed by atoms with Crippen LogP contribution in [0.3, 0.4) is 0 Å². The summed E-state index contributed by atoms with van der Waals surface area (Å²) in [5.41, 5.74) is 2.44. The Morgan fingerprint density at radius 2 is 2.00 bits per heavy atom. The van der Waals surface area contributed by atoms with Crippen molar-refractivity contribution in [3.8, 4) is 5.75 Å². The van der Waals surface area contributed by atoms with Crippen molar-refractivity contribution < 1.29 is 4.74 Å². The maximum atomic E-state index is 5.40. The van der Waals surface area contributed by atoms with Crippen molar-refractivity contribution in [1.82, 2.24) is 15.5 Å². The van der Waals surface area contributed by atoms with Gasteiger partial charge in [-0.2, -0.15) is 0 Å². The van der Waals surface area contributed by atoms with Gasteiger partial charge in [0.15, 0.2) is 5.96 Å². The first-order chi connectivity index (χ1) is 12.5. The summed E-state index contributed by atoms with van der Waals surface area (Å²) >= 11 is 0. The quantitative estimate of drug-likeness (QED) is 0.360.